The number of carbonyl (C=O) groups is 1. The Morgan fingerprint density at radius 3 is 2.57 bits per heavy atom. The second-order valence-electron chi connectivity index (χ2n) is 3.85. The van der Waals surface area contributed by atoms with Gasteiger partial charge in [-0.15, -0.1) is 0 Å². The Bertz CT molecular complexity index is 533. The largest absolute Gasteiger partial charge is 0.411 e. The van der Waals surface area contributed by atoms with Gasteiger partial charge in [0.2, 0.25) is 5.82 Å². The number of rotatable bonds is 6. The molecule has 0 aliphatic carbocycles. The Kier molecular flexibility index (Phi) is 5.59. The lowest BCUT2D eigenvalue weighted by atomic mass is 10.2. The van der Waals surface area contributed by atoms with Crippen LogP contribution in [0.25, 0.3) is 0 Å². The predicted octanol–water partition coefficient (Wildman–Crippen LogP) is 2.04. The molecule has 0 aromatic heterocycles. The fraction of sp³-hybridized carbons (Fsp3) is 0.364. The van der Waals surface area contributed by atoms with Crippen molar-refractivity contribution in [3.8, 4) is 0 Å². The van der Waals surface area contributed by atoms with Gasteiger partial charge < -0.3 is 10.1 Å². The molecule has 1 aromatic rings. The molecule has 0 heterocycles. The number of carbonyl (C=O) groups excluding carboxylic acids is 1. The first-order chi connectivity index (χ1) is 9.70. The summed E-state index contributed by atoms with van der Waals surface area (Å²) in [7, 11) is 0. The van der Waals surface area contributed by atoms with Gasteiger partial charge >= 0.3 is 11.9 Å². The summed E-state index contributed by atoms with van der Waals surface area (Å²) in [5.41, 5.74) is -0.964. The normalized spacial score (nSPS) is 11.2. The zero-order valence-corrected chi connectivity index (χ0v) is 10.4. The summed E-state index contributed by atoms with van der Waals surface area (Å²) in [6.45, 7) is -2.02. The lowest BCUT2D eigenvalue weighted by Crippen LogP contribution is -2.29. The fourth-order valence-corrected chi connectivity index (χ4v) is 1.32. The molecule has 1 N–H and O–H groups in total. The summed E-state index contributed by atoms with van der Waals surface area (Å²) in [4.78, 5) is 21.0. The maximum absolute atomic E-state index is 13.3. The molecule has 1 aromatic carbocycles. The van der Waals surface area contributed by atoms with E-state index in [1.54, 1.807) is 0 Å². The molecule has 0 aliphatic rings. The van der Waals surface area contributed by atoms with Crippen molar-refractivity contribution < 1.29 is 32.0 Å². The van der Waals surface area contributed by atoms with Crippen molar-refractivity contribution in [2.75, 3.05) is 19.8 Å². The van der Waals surface area contributed by atoms with E-state index >= 15 is 0 Å². The zero-order chi connectivity index (χ0) is 16.0. The number of halogens is 4. The van der Waals surface area contributed by atoms with Gasteiger partial charge in [-0.2, -0.15) is 17.6 Å². The average molecular weight is 310 g/mol. The molecule has 0 saturated carbocycles. The topological polar surface area (TPSA) is 81.5 Å². The van der Waals surface area contributed by atoms with E-state index in [-0.39, 0.29) is 18.7 Å². The first-order valence-corrected chi connectivity index (χ1v) is 5.57. The standard InChI is InChI=1S/C11H10F4N2O4/c12-8-5-7(1-2-9(8)17(19)20)10(18)16-3-4-21-6-11(13,14)15/h1-2,5H,3-4,6H2,(H,16,18). The highest BCUT2D eigenvalue weighted by atomic mass is 19.4. The van der Waals surface area contributed by atoms with Crippen molar-refractivity contribution in [3.63, 3.8) is 0 Å². The smallest absolute Gasteiger partial charge is 0.370 e. The monoisotopic (exact) mass is 310 g/mol. The Morgan fingerprint density at radius 1 is 1.38 bits per heavy atom. The van der Waals surface area contributed by atoms with Gasteiger partial charge in [0, 0.05) is 18.2 Å². The highest BCUT2D eigenvalue weighted by Crippen LogP contribution is 2.18. The summed E-state index contributed by atoms with van der Waals surface area (Å²) >= 11 is 0. The third kappa shape index (κ3) is 5.73. The molecule has 0 spiro atoms. The summed E-state index contributed by atoms with van der Waals surface area (Å²) in [5.74, 6) is -1.96. The molecule has 0 atom stereocenters. The number of nitrogens with one attached hydrogen (secondary N) is 1. The third-order valence-corrected chi connectivity index (χ3v) is 2.20. The first kappa shape index (κ1) is 16.8. The minimum atomic E-state index is -4.45. The van der Waals surface area contributed by atoms with E-state index in [9.17, 15) is 32.5 Å². The van der Waals surface area contributed by atoms with Crippen LogP contribution in [-0.2, 0) is 4.74 Å². The summed E-state index contributed by atoms with van der Waals surface area (Å²) < 4.78 is 52.8. The van der Waals surface area contributed by atoms with E-state index in [0.29, 0.717) is 6.07 Å². The maximum Gasteiger partial charge on any atom is 0.411 e. The molecule has 0 unspecified atom stereocenters. The molecule has 6 nitrogen and oxygen atoms in total. The van der Waals surface area contributed by atoms with Crippen LogP contribution in [0.15, 0.2) is 18.2 Å². The van der Waals surface area contributed by atoms with E-state index in [0.717, 1.165) is 12.1 Å². The molecule has 21 heavy (non-hydrogen) atoms. The van der Waals surface area contributed by atoms with E-state index in [1.165, 1.54) is 0 Å². The lowest BCUT2D eigenvalue weighted by molar-refractivity contribution is -0.387. The number of nitro benzene ring substituents is 1. The molecular formula is C11H10F4N2O4. The number of amides is 1. The van der Waals surface area contributed by atoms with Crippen LogP contribution in [0, 0.1) is 15.9 Å². The van der Waals surface area contributed by atoms with Crippen molar-refractivity contribution in [3.05, 3.63) is 39.7 Å². The highest BCUT2D eigenvalue weighted by molar-refractivity contribution is 5.94. The molecule has 116 valence electrons. The van der Waals surface area contributed by atoms with Gasteiger partial charge in [0.1, 0.15) is 6.61 Å². The van der Waals surface area contributed by atoms with Gasteiger partial charge in [-0.3, -0.25) is 14.9 Å². The number of nitro groups is 1. The van der Waals surface area contributed by atoms with Crippen LogP contribution >= 0.6 is 0 Å². The quantitative estimate of drug-likeness (QED) is 0.377. The molecule has 1 rings (SSSR count). The van der Waals surface area contributed by atoms with Crippen LogP contribution in [0.4, 0.5) is 23.2 Å². The number of ether oxygens (including phenoxy) is 1. The number of alkyl halides is 3. The van der Waals surface area contributed by atoms with Crippen LogP contribution in [0.5, 0.6) is 0 Å². The van der Waals surface area contributed by atoms with Crippen molar-refractivity contribution in [2.45, 2.75) is 6.18 Å². The van der Waals surface area contributed by atoms with Crippen LogP contribution in [0.1, 0.15) is 10.4 Å². The minimum absolute atomic E-state index is 0.186. The number of benzene rings is 1. The van der Waals surface area contributed by atoms with Crippen molar-refractivity contribution >= 4 is 11.6 Å². The first-order valence-electron chi connectivity index (χ1n) is 5.57. The van der Waals surface area contributed by atoms with Crippen molar-refractivity contribution in [2.24, 2.45) is 0 Å². The van der Waals surface area contributed by atoms with Gasteiger partial charge in [0.05, 0.1) is 11.5 Å². The Labute approximate surface area is 115 Å². The van der Waals surface area contributed by atoms with Crippen LogP contribution < -0.4 is 5.32 Å². The summed E-state index contributed by atoms with van der Waals surface area (Å²) in [6.07, 6.45) is -4.45. The Hall–Kier alpha value is -2.23. The van der Waals surface area contributed by atoms with E-state index in [2.05, 4.69) is 10.1 Å². The van der Waals surface area contributed by atoms with Gasteiger partial charge in [-0.05, 0) is 12.1 Å². The molecular weight excluding hydrogens is 300 g/mol. The van der Waals surface area contributed by atoms with Gasteiger partial charge in [0.15, 0.2) is 0 Å². The molecule has 1 amide bonds. The average Bonchev–Trinajstić information content (AvgIpc) is 2.36. The molecule has 0 bridgehead atoms. The third-order valence-electron chi connectivity index (χ3n) is 2.20. The van der Waals surface area contributed by atoms with Gasteiger partial charge in [-0.25, -0.2) is 0 Å². The van der Waals surface area contributed by atoms with Crippen molar-refractivity contribution in [1.82, 2.24) is 5.32 Å². The summed E-state index contributed by atoms with van der Waals surface area (Å²) in [5, 5.41) is 12.6. The van der Waals surface area contributed by atoms with Crippen LogP contribution in [-0.4, -0.2) is 36.8 Å². The maximum atomic E-state index is 13.3. The minimum Gasteiger partial charge on any atom is -0.370 e. The van der Waals surface area contributed by atoms with Gasteiger partial charge in [0.25, 0.3) is 5.91 Å². The van der Waals surface area contributed by atoms with Gasteiger partial charge in [-0.1, -0.05) is 0 Å². The number of nitrogens with zero attached hydrogens (tertiary/aromatic N) is 1. The molecule has 0 saturated heterocycles. The molecule has 0 radical (unpaired) electrons. The van der Waals surface area contributed by atoms with Crippen LogP contribution in [0.3, 0.4) is 0 Å². The second kappa shape index (κ2) is 6.97. The fourth-order valence-electron chi connectivity index (χ4n) is 1.32. The Morgan fingerprint density at radius 2 is 2.05 bits per heavy atom. The highest BCUT2D eigenvalue weighted by Gasteiger charge is 2.27. The predicted molar refractivity (Wildman–Crippen MR) is 62.3 cm³/mol. The molecule has 0 fully saturated rings. The van der Waals surface area contributed by atoms with E-state index in [4.69, 9.17) is 0 Å². The Balaban J connectivity index is 2.46. The molecule has 10 heteroatoms. The van der Waals surface area contributed by atoms with E-state index < -0.39 is 35.1 Å². The SMILES string of the molecule is O=C(NCCOCC(F)(F)F)c1ccc([N+](=O)[O-])c(F)c1. The zero-order valence-electron chi connectivity index (χ0n) is 10.4. The van der Waals surface area contributed by atoms with Crippen LogP contribution in [0.2, 0.25) is 0 Å². The van der Waals surface area contributed by atoms with E-state index in [1.807, 2.05) is 0 Å². The molecule has 0 aliphatic heterocycles. The summed E-state index contributed by atoms with van der Waals surface area (Å²) in [6, 6.07) is 2.53. The second-order valence-corrected chi connectivity index (χ2v) is 3.85. The number of hydrogen-bond acceptors (Lipinski definition) is 4. The van der Waals surface area contributed by atoms with Crippen molar-refractivity contribution in [1.29, 1.82) is 0 Å². The lowest BCUT2D eigenvalue weighted by Gasteiger charge is -2.08. The number of hydrogen-bond donors (Lipinski definition) is 1.